The number of hydrogen-bond acceptors (Lipinski definition) is 8. The lowest BCUT2D eigenvalue weighted by Crippen LogP contribution is -2.59. The van der Waals surface area contributed by atoms with Crippen LogP contribution in [0, 0.1) is 11.8 Å². The molecule has 29 heavy (non-hydrogen) atoms. The van der Waals surface area contributed by atoms with Crippen LogP contribution >= 0.6 is 0 Å². The third-order valence-electron chi connectivity index (χ3n) is 6.19. The molecule has 2 saturated heterocycles. The van der Waals surface area contributed by atoms with Gasteiger partial charge in [0.2, 0.25) is 0 Å². The van der Waals surface area contributed by atoms with E-state index in [4.69, 9.17) is 14.2 Å². The van der Waals surface area contributed by atoms with E-state index in [0.29, 0.717) is 6.42 Å². The van der Waals surface area contributed by atoms with Crippen molar-refractivity contribution in [3.05, 3.63) is 23.3 Å². The molecule has 0 aromatic heterocycles. The molecule has 0 amide bonds. The Hall–Kier alpha value is -1.29. The second-order valence-electron chi connectivity index (χ2n) is 8.32. The predicted octanol–water partition coefficient (Wildman–Crippen LogP) is 0.427. The third kappa shape index (κ3) is 5.07. The number of hydrogen-bond donors (Lipinski definition) is 4. The number of carbonyl (C=O) groups excluding carboxylic acids is 1. The first-order valence-electron chi connectivity index (χ1n) is 10.3. The number of aliphatic hydroxyl groups excluding tert-OH is 4. The summed E-state index contributed by atoms with van der Waals surface area (Å²) >= 11 is 0. The van der Waals surface area contributed by atoms with Crippen LogP contribution in [0.25, 0.3) is 0 Å². The van der Waals surface area contributed by atoms with E-state index in [0.717, 1.165) is 24.8 Å². The van der Waals surface area contributed by atoms with Gasteiger partial charge in [-0.15, -0.1) is 0 Å². The summed E-state index contributed by atoms with van der Waals surface area (Å²) < 4.78 is 16.6. The van der Waals surface area contributed by atoms with Gasteiger partial charge in [0.25, 0.3) is 0 Å². The molecular weight excluding hydrogens is 380 g/mol. The van der Waals surface area contributed by atoms with Gasteiger partial charge in [-0.3, -0.25) is 4.79 Å². The van der Waals surface area contributed by atoms with Crippen molar-refractivity contribution in [1.29, 1.82) is 0 Å². The number of carbonyl (C=O) groups is 1. The smallest absolute Gasteiger partial charge is 0.309 e. The maximum Gasteiger partial charge on any atom is 0.309 e. The number of aliphatic hydroxyl groups is 4. The first kappa shape index (κ1) is 22.4. The normalized spacial score (nSPS) is 44.8. The van der Waals surface area contributed by atoms with Crippen LogP contribution in [0.5, 0.6) is 0 Å². The van der Waals surface area contributed by atoms with Crippen molar-refractivity contribution in [2.24, 2.45) is 11.8 Å². The van der Waals surface area contributed by atoms with Gasteiger partial charge in [-0.05, 0) is 44.3 Å². The second-order valence-corrected chi connectivity index (χ2v) is 8.32. The zero-order valence-electron chi connectivity index (χ0n) is 16.9. The lowest BCUT2D eigenvalue weighted by atomic mass is 9.84. The van der Waals surface area contributed by atoms with Crippen LogP contribution in [0.3, 0.4) is 0 Å². The molecule has 8 heteroatoms. The van der Waals surface area contributed by atoms with E-state index in [-0.39, 0.29) is 30.5 Å². The summed E-state index contributed by atoms with van der Waals surface area (Å²) in [7, 11) is 0. The Labute approximate surface area is 170 Å². The monoisotopic (exact) mass is 412 g/mol. The molecule has 0 radical (unpaired) electrons. The van der Waals surface area contributed by atoms with Crippen molar-refractivity contribution in [3.63, 3.8) is 0 Å². The quantitative estimate of drug-likeness (QED) is 0.387. The van der Waals surface area contributed by atoms with Gasteiger partial charge in [-0.1, -0.05) is 18.6 Å². The molecule has 2 fully saturated rings. The number of esters is 1. The van der Waals surface area contributed by atoms with Gasteiger partial charge in [0, 0.05) is 5.92 Å². The Morgan fingerprint density at radius 2 is 1.93 bits per heavy atom. The average Bonchev–Trinajstić information content (AvgIpc) is 2.96. The number of ether oxygens (including phenoxy) is 3. The maximum atomic E-state index is 12.0. The van der Waals surface area contributed by atoms with E-state index >= 15 is 0 Å². The van der Waals surface area contributed by atoms with Crippen molar-refractivity contribution in [1.82, 2.24) is 0 Å². The molecular formula is C21H32O8. The van der Waals surface area contributed by atoms with Crippen LogP contribution in [0.15, 0.2) is 23.3 Å². The minimum absolute atomic E-state index is 0.103. The van der Waals surface area contributed by atoms with Crippen LogP contribution in [-0.2, 0) is 19.0 Å². The fourth-order valence-corrected chi connectivity index (χ4v) is 4.21. The highest BCUT2D eigenvalue weighted by molar-refractivity contribution is 5.75. The Balaban J connectivity index is 1.64. The van der Waals surface area contributed by atoms with Gasteiger partial charge in [0.1, 0.15) is 30.5 Å². The summed E-state index contributed by atoms with van der Waals surface area (Å²) in [5.74, 6) is -0.214. The van der Waals surface area contributed by atoms with Gasteiger partial charge in [0.05, 0.1) is 19.1 Å². The second kappa shape index (κ2) is 9.68. The highest BCUT2D eigenvalue weighted by Gasteiger charge is 2.44. The molecule has 0 aromatic rings. The molecule has 1 aliphatic carbocycles. The topological polar surface area (TPSA) is 126 Å². The molecule has 0 bridgehead atoms. The molecule has 164 valence electrons. The van der Waals surface area contributed by atoms with E-state index in [1.807, 2.05) is 13.8 Å². The van der Waals surface area contributed by atoms with E-state index in [1.54, 1.807) is 0 Å². The molecule has 0 saturated carbocycles. The summed E-state index contributed by atoms with van der Waals surface area (Å²) in [6, 6.07) is 0. The van der Waals surface area contributed by atoms with Crippen molar-refractivity contribution in [3.8, 4) is 0 Å². The zero-order chi connectivity index (χ0) is 21.1. The Kier molecular flexibility index (Phi) is 7.47. The lowest BCUT2D eigenvalue weighted by molar-refractivity contribution is -0.299. The minimum atomic E-state index is -1.46. The van der Waals surface area contributed by atoms with Crippen LogP contribution in [0.2, 0.25) is 0 Å². The highest BCUT2D eigenvalue weighted by Crippen LogP contribution is 2.35. The summed E-state index contributed by atoms with van der Waals surface area (Å²) in [6.45, 7) is 3.63. The van der Waals surface area contributed by atoms with Crippen molar-refractivity contribution in [2.45, 2.75) is 76.3 Å². The highest BCUT2D eigenvalue weighted by atomic mass is 16.7. The van der Waals surface area contributed by atoms with Crippen molar-refractivity contribution >= 4 is 5.97 Å². The summed E-state index contributed by atoms with van der Waals surface area (Å²) in [5.41, 5.74) is 2.19. The Morgan fingerprint density at radius 1 is 1.17 bits per heavy atom. The van der Waals surface area contributed by atoms with Gasteiger partial charge in [-0.2, -0.15) is 0 Å². The molecule has 8 atom stereocenters. The van der Waals surface area contributed by atoms with E-state index < -0.39 is 37.3 Å². The largest absolute Gasteiger partial charge is 0.458 e. The fraction of sp³-hybridized carbons (Fsp3) is 0.762. The third-order valence-corrected chi connectivity index (χ3v) is 6.19. The minimum Gasteiger partial charge on any atom is -0.458 e. The predicted molar refractivity (Wildman–Crippen MR) is 103 cm³/mol. The average molecular weight is 412 g/mol. The molecule has 4 N–H and O–H groups in total. The number of allylic oxidation sites excluding steroid dienone is 2. The van der Waals surface area contributed by atoms with Gasteiger partial charge >= 0.3 is 5.97 Å². The SMILES string of the molecule is C/C1=C\[C@H]2OC(=O)[C@@H](C)[C@@H]2CC/C(CO[C@H]2O[C@@H](CO)[C@H](O)[C@@H](O)[C@@H]2O)=C/CC1. The molecule has 8 nitrogen and oxygen atoms in total. The first-order chi connectivity index (χ1) is 13.8. The Morgan fingerprint density at radius 3 is 2.66 bits per heavy atom. The summed E-state index contributed by atoms with van der Waals surface area (Å²) in [4.78, 5) is 12.0. The van der Waals surface area contributed by atoms with Crippen LogP contribution in [0.4, 0.5) is 0 Å². The van der Waals surface area contributed by atoms with E-state index in [1.165, 1.54) is 5.57 Å². The molecule has 3 rings (SSSR count). The summed E-state index contributed by atoms with van der Waals surface area (Å²) in [5, 5.41) is 39.2. The number of rotatable bonds is 4. The molecule has 3 aliphatic rings. The zero-order valence-corrected chi connectivity index (χ0v) is 16.9. The molecule has 0 aromatic carbocycles. The first-order valence-corrected chi connectivity index (χ1v) is 10.3. The Bertz CT molecular complexity index is 643. The van der Waals surface area contributed by atoms with Gasteiger partial charge in [0.15, 0.2) is 6.29 Å². The fourth-order valence-electron chi connectivity index (χ4n) is 4.21. The van der Waals surface area contributed by atoms with Crippen LogP contribution in [0.1, 0.15) is 39.5 Å². The van der Waals surface area contributed by atoms with Crippen LogP contribution in [-0.4, -0.2) is 76.4 Å². The van der Waals surface area contributed by atoms with Crippen LogP contribution < -0.4 is 0 Å². The molecule has 2 heterocycles. The maximum absolute atomic E-state index is 12.0. The van der Waals surface area contributed by atoms with E-state index in [2.05, 4.69) is 12.2 Å². The lowest BCUT2D eigenvalue weighted by Gasteiger charge is -2.39. The summed E-state index contributed by atoms with van der Waals surface area (Å²) in [6.07, 6.45) is 0.702. The molecule has 2 aliphatic heterocycles. The van der Waals surface area contributed by atoms with Gasteiger partial charge in [-0.25, -0.2) is 0 Å². The van der Waals surface area contributed by atoms with E-state index in [9.17, 15) is 25.2 Å². The van der Waals surface area contributed by atoms with Crippen molar-refractivity contribution < 1.29 is 39.4 Å². The molecule has 0 spiro atoms. The number of fused-ring (bicyclic) bond motifs is 1. The molecule has 0 unspecified atom stereocenters. The van der Waals surface area contributed by atoms with Gasteiger partial charge < -0.3 is 34.6 Å². The standard InChI is InChI=1S/C21H32O8/c1-11-4-3-5-13(6-7-14-12(2)20(26)28-15(14)8-11)10-27-21-19(25)18(24)17(23)16(9-22)29-21/h5,8,12,14-19,21-25H,3-4,6-7,9-10H2,1-2H3/b11-8+,13-5-/t12-,14-,15+,16-,17-,18+,19-,21-/m0/s1. The van der Waals surface area contributed by atoms with Crippen molar-refractivity contribution in [2.75, 3.05) is 13.2 Å².